The second-order valence-corrected chi connectivity index (χ2v) is 6.95. The summed E-state index contributed by atoms with van der Waals surface area (Å²) >= 11 is 0. The summed E-state index contributed by atoms with van der Waals surface area (Å²) in [7, 11) is 0. The minimum Gasteiger partial charge on any atom is -0.305 e. The van der Waals surface area contributed by atoms with Crippen LogP contribution >= 0.6 is 0 Å². The van der Waals surface area contributed by atoms with Gasteiger partial charge in [-0.25, -0.2) is 8.78 Å². The van der Waals surface area contributed by atoms with Crippen molar-refractivity contribution in [1.82, 2.24) is 10.2 Å². The number of piperazine rings is 1. The zero-order chi connectivity index (χ0) is 15.1. The maximum absolute atomic E-state index is 13.0. The van der Waals surface area contributed by atoms with Crippen molar-refractivity contribution in [2.24, 2.45) is 5.92 Å². The number of alkyl halides is 2. The Labute approximate surface area is 125 Å². The fourth-order valence-corrected chi connectivity index (χ4v) is 3.65. The van der Waals surface area contributed by atoms with Gasteiger partial charge in [0.05, 0.1) is 12.1 Å². The van der Waals surface area contributed by atoms with Gasteiger partial charge in [-0.05, 0) is 38.2 Å². The van der Waals surface area contributed by atoms with Crippen molar-refractivity contribution in [1.29, 1.82) is 0 Å². The largest absolute Gasteiger partial charge is 0.305 e. The van der Waals surface area contributed by atoms with E-state index < -0.39 is 6.43 Å². The SMILES string of the molecule is CC1(c2ccccc2)CN(CC(F)F)C(C)(C2CC2)CN1. The molecule has 3 rings (SSSR count). The standard InChI is InChI=1S/C17H24F2N2/c1-16(13-6-4-3-5-7-13)12-21(10-15(18)19)17(2,11-20-16)14-8-9-14/h3-7,14-15,20H,8-12H2,1-2H3. The maximum Gasteiger partial charge on any atom is 0.251 e. The zero-order valence-electron chi connectivity index (χ0n) is 12.8. The molecule has 0 bridgehead atoms. The molecule has 1 aliphatic heterocycles. The summed E-state index contributed by atoms with van der Waals surface area (Å²) in [5.41, 5.74) is 0.775. The van der Waals surface area contributed by atoms with Crippen LogP contribution < -0.4 is 5.32 Å². The van der Waals surface area contributed by atoms with E-state index in [-0.39, 0.29) is 17.6 Å². The lowest BCUT2D eigenvalue weighted by atomic mass is 9.82. The smallest absolute Gasteiger partial charge is 0.251 e. The Bertz CT molecular complexity index is 489. The Morgan fingerprint density at radius 3 is 2.48 bits per heavy atom. The highest BCUT2D eigenvalue weighted by Crippen LogP contribution is 2.46. The third kappa shape index (κ3) is 2.84. The van der Waals surface area contributed by atoms with Gasteiger partial charge < -0.3 is 5.32 Å². The Kier molecular flexibility index (Phi) is 3.78. The fourth-order valence-electron chi connectivity index (χ4n) is 3.65. The van der Waals surface area contributed by atoms with Crippen molar-refractivity contribution in [3.8, 4) is 0 Å². The molecule has 1 heterocycles. The molecule has 1 aromatic rings. The van der Waals surface area contributed by atoms with E-state index in [1.165, 1.54) is 18.4 Å². The predicted octanol–water partition coefficient (Wildman–Crippen LogP) is 3.24. The van der Waals surface area contributed by atoms with Crippen molar-refractivity contribution >= 4 is 0 Å². The van der Waals surface area contributed by atoms with Crippen LogP contribution in [0.4, 0.5) is 8.78 Å². The van der Waals surface area contributed by atoms with E-state index in [0.29, 0.717) is 12.5 Å². The first-order chi connectivity index (χ1) is 9.94. The molecule has 1 saturated heterocycles. The lowest BCUT2D eigenvalue weighted by Gasteiger charge is -2.53. The molecule has 0 radical (unpaired) electrons. The lowest BCUT2D eigenvalue weighted by molar-refractivity contribution is -0.0328. The molecular formula is C17H24F2N2. The highest BCUT2D eigenvalue weighted by molar-refractivity contribution is 5.26. The van der Waals surface area contributed by atoms with Gasteiger partial charge in [0.25, 0.3) is 6.43 Å². The number of rotatable bonds is 4. The first-order valence-electron chi connectivity index (χ1n) is 7.78. The Balaban J connectivity index is 1.85. The summed E-state index contributed by atoms with van der Waals surface area (Å²) in [4.78, 5) is 2.03. The van der Waals surface area contributed by atoms with Crippen molar-refractivity contribution in [3.63, 3.8) is 0 Å². The first-order valence-corrected chi connectivity index (χ1v) is 7.78. The topological polar surface area (TPSA) is 15.3 Å². The monoisotopic (exact) mass is 294 g/mol. The van der Waals surface area contributed by atoms with Crippen molar-refractivity contribution < 1.29 is 8.78 Å². The van der Waals surface area contributed by atoms with Gasteiger partial charge in [0, 0.05) is 18.6 Å². The molecule has 1 N–H and O–H groups in total. The molecule has 0 spiro atoms. The van der Waals surface area contributed by atoms with E-state index in [9.17, 15) is 8.78 Å². The number of benzene rings is 1. The van der Waals surface area contributed by atoms with Crippen molar-refractivity contribution in [3.05, 3.63) is 35.9 Å². The second-order valence-electron chi connectivity index (χ2n) is 6.95. The van der Waals surface area contributed by atoms with Crippen LogP contribution in [0.25, 0.3) is 0 Å². The Morgan fingerprint density at radius 2 is 1.90 bits per heavy atom. The average Bonchev–Trinajstić information content (AvgIpc) is 3.29. The number of nitrogens with zero attached hydrogens (tertiary/aromatic N) is 1. The Morgan fingerprint density at radius 1 is 1.24 bits per heavy atom. The zero-order valence-corrected chi connectivity index (χ0v) is 12.8. The van der Waals surface area contributed by atoms with Gasteiger partial charge in [-0.2, -0.15) is 0 Å². The predicted molar refractivity (Wildman–Crippen MR) is 80.5 cm³/mol. The minimum atomic E-state index is -2.28. The lowest BCUT2D eigenvalue weighted by Crippen LogP contribution is -2.68. The molecule has 2 aliphatic rings. The number of hydrogen-bond donors (Lipinski definition) is 1. The van der Waals surface area contributed by atoms with Crippen molar-refractivity contribution in [2.75, 3.05) is 19.6 Å². The van der Waals surface area contributed by atoms with Crippen LogP contribution in [-0.4, -0.2) is 36.5 Å². The molecule has 4 heteroatoms. The van der Waals surface area contributed by atoms with E-state index in [4.69, 9.17) is 0 Å². The van der Waals surface area contributed by atoms with Gasteiger partial charge in [-0.15, -0.1) is 0 Å². The summed E-state index contributed by atoms with van der Waals surface area (Å²) in [6.45, 7) is 5.54. The molecule has 116 valence electrons. The molecule has 2 unspecified atom stereocenters. The first kappa shape index (κ1) is 14.9. The van der Waals surface area contributed by atoms with E-state index >= 15 is 0 Å². The maximum atomic E-state index is 13.0. The summed E-state index contributed by atoms with van der Waals surface area (Å²) < 4.78 is 26.1. The normalized spacial score (nSPS) is 34.3. The van der Waals surface area contributed by atoms with Crippen LogP contribution in [0.5, 0.6) is 0 Å². The third-order valence-electron chi connectivity index (χ3n) is 5.29. The molecule has 2 atom stereocenters. The number of halogens is 2. The van der Waals surface area contributed by atoms with E-state index in [2.05, 4.69) is 31.3 Å². The molecule has 1 aromatic carbocycles. The average molecular weight is 294 g/mol. The molecular weight excluding hydrogens is 270 g/mol. The van der Waals surface area contributed by atoms with Gasteiger partial charge in [0.15, 0.2) is 0 Å². The molecule has 0 amide bonds. The Hall–Kier alpha value is -1.00. The molecule has 1 saturated carbocycles. The van der Waals surface area contributed by atoms with Crippen LogP contribution in [0.2, 0.25) is 0 Å². The van der Waals surface area contributed by atoms with Gasteiger partial charge >= 0.3 is 0 Å². The number of nitrogens with one attached hydrogen (secondary N) is 1. The third-order valence-corrected chi connectivity index (χ3v) is 5.29. The van der Waals surface area contributed by atoms with Crippen LogP contribution in [0.1, 0.15) is 32.3 Å². The van der Waals surface area contributed by atoms with Crippen LogP contribution in [0.3, 0.4) is 0 Å². The van der Waals surface area contributed by atoms with Crippen LogP contribution in [-0.2, 0) is 5.54 Å². The van der Waals surface area contributed by atoms with Gasteiger partial charge in [-0.3, -0.25) is 4.90 Å². The summed E-state index contributed by atoms with van der Waals surface area (Å²) in [5, 5.41) is 3.64. The summed E-state index contributed by atoms with van der Waals surface area (Å²) in [5.74, 6) is 0.559. The molecule has 1 aliphatic carbocycles. The highest BCUT2D eigenvalue weighted by atomic mass is 19.3. The van der Waals surface area contributed by atoms with E-state index in [0.717, 1.165) is 6.54 Å². The van der Waals surface area contributed by atoms with E-state index in [1.54, 1.807) is 0 Å². The summed E-state index contributed by atoms with van der Waals surface area (Å²) in [6, 6.07) is 10.2. The van der Waals surface area contributed by atoms with Crippen molar-refractivity contribution in [2.45, 2.75) is 44.2 Å². The summed E-state index contributed by atoms with van der Waals surface area (Å²) in [6.07, 6.45) is 0.0566. The molecule has 2 fully saturated rings. The van der Waals surface area contributed by atoms with Gasteiger partial charge in [-0.1, -0.05) is 30.3 Å². The minimum absolute atomic E-state index is 0.128. The fraction of sp³-hybridized carbons (Fsp3) is 0.647. The van der Waals surface area contributed by atoms with E-state index in [1.807, 2.05) is 23.1 Å². The molecule has 21 heavy (non-hydrogen) atoms. The molecule has 0 aromatic heterocycles. The van der Waals surface area contributed by atoms with Crippen LogP contribution in [0.15, 0.2) is 30.3 Å². The highest BCUT2D eigenvalue weighted by Gasteiger charge is 2.51. The second kappa shape index (κ2) is 5.33. The van der Waals surface area contributed by atoms with Gasteiger partial charge in [0.2, 0.25) is 0 Å². The van der Waals surface area contributed by atoms with Gasteiger partial charge in [0.1, 0.15) is 0 Å². The number of hydrogen-bond acceptors (Lipinski definition) is 2. The van der Waals surface area contributed by atoms with Crippen LogP contribution in [0, 0.1) is 5.92 Å². The quantitative estimate of drug-likeness (QED) is 0.917. The molecule has 2 nitrogen and oxygen atoms in total.